The molecule has 0 aliphatic rings. The number of carbonyl (C=O) groups excluding carboxylic acids is 1. The van der Waals surface area contributed by atoms with Crippen molar-refractivity contribution in [3.8, 4) is 0 Å². The number of hydrogen-bond donors (Lipinski definition) is 2. The van der Waals surface area contributed by atoms with Crippen molar-refractivity contribution < 1.29 is 74.1 Å². The Hall–Kier alpha value is -1.23. The number of anilines is 1. The second-order valence-electron chi connectivity index (χ2n) is 7.26. The average molecular weight is 504 g/mol. The summed E-state index contributed by atoms with van der Waals surface area (Å²) in [4.78, 5) is 10.7. The molecule has 0 heterocycles. The first-order valence-corrected chi connectivity index (χ1v) is 10.6. The molecule has 0 bridgehead atoms. The molecular formula is C25H33F3KN3O2-2. The van der Waals surface area contributed by atoms with Crippen molar-refractivity contribution in [2.75, 3.05) is 19.0 Å². The molecule has 0 aromatic heterocycles. The molecule has 1 aromatic carbocycles. The SMILES string of the molecule is C/C=C(\C=[C-]NC)Nc1cc(COCC(C)C)ccc1C(F)(F)F.C[C-]=C(C=[N-])C(=O)CC.[K+]. The molecule has 0 unspecified atom stereocenters. The molecule has 2 N–H and O–H groups in total. The van der Waals surface area contributed by atoms with Crippen LogP contribution in [0.1, 0.15) is 52.2 Å². The normalized spacial score (nSPS) is 12.1. The Morgan fingerprint density at radius 3 is 2.35 bits per heavy atom. The van der Waals surface area contributed by atoms with Crippen molar-refractivity contribution >= 4 is 17.7 Å². The van der Waals surface area contributed by atoms with Crippen LogP contribution in [-0.4, -0.2) is 25.7 Å². The molecule has 0 amide bonds. The largest absolute Gasteiger partial charge is 1.00 e. The van der Waals surface area contributed by atoms with E-state index in [4.69, 9.17) is 10.1 Å². The first-order chi connectivity index (χ1) is 15.5. The fourth-order valence-corrected chi connectivity index (χ4v) is 2.41. The molecule has 1 aromatic rings. The number of ether oxygens (including phenoxy) is 1. The summed E-state index contributed by atoms with van der Waals surface area (Å²) < 4.78 is 45.2. The summed E-state index contributed by atoms with van der Waals surface area (Å²) in [7, 11) is 1.66. The molecular weight excluding hydrogens is 470 g/mol. The Morgan fingerprint density at radius 2 is 1.94 bits per heavy atom. The molecule has 0 saturated heterocycles. The van der Waals surface area contributed by atoms with Gasteiger partial charge in [0.15, 0.2) is 0 Å². The van der Waals surface area contributed by atoms with E-state index in [0.717, 1.165) is 12.3 Å². The molecule has 0 atom stereocenters. The van der Waals surface area contributed by atoms with E-state index in [1.807, 2.05) is 13.8 Å². The third-order valence-electron chi connectivity index (χ3n) is 4.09. The fraction of sp³-hybridized carbons (Fsp3) is 0.440. The molecule has 0 aliphatic heterocycles. The van der Waals surface area contributed by atoms with Crippen LogP contribution in [0.15, 0.2) is 41.6 Å². The number of benzene rings is 1. The quantitative estimate of drug-likeness (QED) is 0.122. The van der Waals surface area contributed by atoms with Crippen LogP contribution < -0.4 is 62.0 Å². The first kappa shape index (κ1) is 34.9. The summed E-state index contributed by atoms with van der Waals surface area (Å²) in [5.74, 6) is 0.286. The van der Waals surface area contributed by atoms with Crippen LogP contribution >= 0.6 is 0 Å². The van der Waals surface area contributed by atoms with Gasteiger partial charge in [-0.05, 0) is 37.1 Å². The Labute approximate surface area is 244 Å². The smallest absolute Gasteiger partial charge is 0.879 e. The summed E-state index contributed by atoms with van der Waals surface area (Å²) in [6.07, 6.45) is 5.27. The number of nitrogens with zero attached hydrogens (tertiary/aromatic N) is 1. The average Bonchev–Trinajstić information content (AvgIpc) is 2.76. The molecule has 0 radical (unpaired) electrons. The monoisotopic (exact) mass is 503 g/mol. The number of nitrogens with one attached hydrogen (secondary N) is 2. The van der Waals surface area contributed by atoms with Gasteiger partial charge in [-0.3, -0.25) is 0 Å². The van der Waals surface area contributed by atoms with E-state index in [9.17, 15) is 18.0 Å². The number of alkyl halides is 3. The zero-order chi connectivity index (χ0) is 25.4. The number of rotatable bonds is 11. The molecule has 0 spiro atoms. The van der Waals surface area contributed by atoms with Gasteiger partial charge in [0.05, 0.1) is 12.2 Å². The van der Waals surface area contributed by atoms with Crippen molar-refractivity contribution in [2.24, 2.45) is 5.92 Å². The summed E-state index contributed by atoms with van der Waals surface area (Å²) in [6.45, 7) is 9.93. The number of carbonyl (C=O) groups is 1. The van der Waals surface area contributed by atoms with Crippen LogP contribution in [0.25, 0.3) is 5.41 Å². The molecule has 34 heavy (non-hydrogen) atoms. The second kappa shape index (κ2) is 19.0. The Kier molecular flexibility index (Phi) is 19.5. The number of allylic oxidation sites excluding steroid dienone is 4. The van der Waals surface area contributed by atoms with Crippen LogP contribution in [0.2, 0.25) is 0 Å². The third kappa shape index (κ3) is 14.2. The van der Waals surface area contributed by atoms with Gasteiger partial charge in [-0.2, -0.15) is 31.0 Å². The van der Waals surface area contributed by atoms with Gasteiger partial charge in [0.2, 0.25) is 0 Å². The molecule has 1 rings (SSSR count). The van der Waals surface area contributed by atoms with Crippen molar-refractivity contribution in [1.82, 2.24) is 5.32 Å². The molecule has 9 heteroatoms. The van der Waals surface area contributed by atoms with E-state index < -0.39 is 11.7 Å². The standard InChI is InChI=1S/C18H24F3N2O.C7H9NO.K/c1-5-15(8-9-22-4)23-17-10-14(12-24-11-13(2)3)6-7-16(17)18(19,20)21;1-3-6(5-8)7(9)4-2;/h5-8,10,13,22-23H,11-12H2,1-4H3;5H,4H2,1-2H3;/q-1;-2;+1/b15-5+;;. The van der Waals surface area contributed by atoms with Gasteiger partial charge in [0.25, 0.3) is 0 Å². The van der Waals surface area contributed by atoms with Crippen LogP contribution in [0.4, 0.5) is 18.9 Å². The van der Waals surface area contributed by atoms with E-state index in [0.29, 0.717) is 30.2 Å². The maximum absolute atomic E-state index is 13.2. The third-order valence-corrected chi connectivity index (χ3v) is 4.09. The van der Waals surface area contributed by atoms with Gasteiger partial charge in [-0.1, -0.05) is 40.7 Å². The van der Waals surface area contributed by atoms with E-state index in [-0.39, 0.29) is 75.0 Å². The minimum atomic E-state index is -4.44. The summed E-state index contributed by atoms with van der Waals surface area (Å²) >= 11 is 0. The topological polar surface area (TPSA) is 72.7 Å². The Bertz CT molecular complexity index is 848. The molecule has 0 fully saturated rings. The molecule has 0 saturated carbocycles. The minimum absolute atomic E-state index is 0. The Morgan fingerprint density at radius 1 is 1.29 bits per heavy atom. The molecule has 5 nitrogen and oxygen atoms in total. The number of halogens is 3. The Balaban J connectivity index is 0. The van der Waals surface area contributed by atoms with Crippen molar-refractivity contribution in [2.45, 2.75) is 53.8 Å². The molecule has 0 aliphatic carbocycles. The number of hydrogen-bond acceptors (Lipinski definition) is 4. The van der Waals surface area contributed by atoms with Gasteiger partial charge in [0, 0.05) is 18.1 Å². The van der Waals surface area contributed by atoms with Crippen LogP contribution in [0.3, 0.4) is 0 Å². The summed E-state index contributed by atoms with van der Waals surface area (Å²) in [6, 6.07) is 3.99. The van der Waals surface area contributed by atoms with E-state index >= 15 is 0 Å². The minimum Gasteiger partial charge on any atom is -0.879 e. The van der Waals surface area contributed by atoms with Gasteiger partial charge in [-0.15, -0.1) is 11.8 Å². The number of ketones is 1. The van der Waals surface area contributed by atoms with Gasteiger partial charge < -0.3 is 31.8 Å². The maximum Gasteiger partial charge on any atom is 1.00 e. The second-order valence-corrected chi connectivity index (χ2v) is 7.26. The van der Waals surface area contributed by atoms with Crippen LogP contribution in [0, 0.1) is 18.2 Å². The molecule has 184 valence electrons. The summed E-state index contributed by atoms with van der Waals surface area (Å²) in [5, 5.41) is 13.9. The van der Waals surface area contributed by atoms with Crippen LogP contribution in [0.5, 0.6) is 0 Å². The zero-order valence-corrected chi connectivity index (χ0v) is 24.2. The number of Topliss-reactive ketones (excluding diaryl/α,β-unsaturated/α-hetero) is 1. The van der Waals surface area contributed by atoms with Gasteiger partial charge in [-0.25, -0.2) is 6.08 Å². The van der Waals surface area contributed by atoms with Gasteiger partial charge >= 0.3 is 57.6 Å². The maximum atomic E-state index is 13.2. The van der Waals surface area contributed by atoms with Crippen molar-refractivity contribution in [1.29, 1.82) is 0 Å². The predicted molar refractivity (Wildman–Crippen MR) is 127 cm³/mol. The van der Waals surface area contributed by atoms with Crippen molar-refractivity contribution in [3.63, 3.8) is 0 Å². The fourth-order valence-electron chi connectivity index (χ4n) is 2.41. The van der Waals surface area contributed by atoms with E-state index in [1.165, 1.54) is 12.1 Å². The zero-order valence-electron chi connectivity index (χ0n) is 21.1. The van der Waals surface area contributed by atoms with E-state index in [2.05, 4.69) is 22.9 Å². The van der Waals surface area contributed by atoms with E-state index in [1.54, 1.807) is 40.0 Å². The van der Waals surface area contributed by atoms with Crippen LogP contribution in [-0.2, 0) is 22.3 Å². The predicted octanol–water partition coefficient (Wildman–Crippen LogP) is 3.09. The van der Waals surface area contributed by atoms with Crippen molar-refractivity contribution in [3.05, 3.63) is 70.4 Å². The first-order valence-electron chi connectivity index (χ1n) is 10.6. The summed E-state index contributed by atoms with van der Waals surface area (Å²) in [5.41, 5.74) is 0.735. The van der Waals surface area contributed by atoms with Gasteiger partial charge in [0.1, 0.15) is 0 Å².